The van der Waals surface area contributed by atoms with Crippen molar-refractivity contribution in [1.29, 1.82) is 0 Å². The molecule has 1 aliphatic carbocycles. The number of imidazole rings is 1. The van der Waals surface area contributed by atoms with Crippen LogP contribution < -0.4 is 14.2 Å². The number of likely N-dealkylation sites (tertiary alicyclic amines) is 1. The lowest BCUT2D eigenvalue weighted by molar-refractivity contribution is -0.0502. The van der Waals surface area contributed by atoms with Gasteiger partial charge in [-0.1, -0.05) is 0 Å². The number of Topliss-reactive ketones (excluding diaryl/α,β-unsaturated/α-hetero) is 1. The fraction of sp³-hybridized carbons (Fsp3) is 0.500. The Morgan fingerprint density at radius 2 is 1.92 bits per heavy atom. The molecule has 1 saturated heterocycles. The molecule has 0 spiro atoms. The number of pyridine rings is 1. The highest BCUT2D eigenvalue weighted by atomic mass is 19.3. The molecule has 2 fully saturated rings. The first-order chi connectivity index (χ1) is 17.8. The molecule has 1 atom stereocenters. The van der Waals surface area contributed by atoms with Crippen LogP contribution >= 0.6 is 0 Å². The van der Waals surface area contributed by atoms with E-state index in [1.165, 1.54) is 13.2 Å². The van der Waals surface area contributed by atoms with Crippen LogP contribution in [0.15, 0.2) is 36.7 Å². The molecule has 0 unspecified atom stereocenters. The van der Waals surface area contributed by atoms with Crippen molar-refractivity contribution in [2.45, 2.75) is 52.2 Å². The lowest BCUT2D eigenvalue weighted by Gasteiger charge is -2.20. The molecule has 0 N–H and O–H groups in total. The van der Waals surface area contributed by atoms with E-state index in [0.717, 1.165) is 38.1 Å². The van der Waals surface area contributed by atoms with Crippen LogP contribution in [0.1, 0.15) is 49.9 Å². The van der Waals surface area contributed by atoms with Gasteiger partial charge in [-0.05, 0) is 63.8 Å². The van der Waals surface area contributed by atoms with Gasteiger partial charge in [-0.3, -0.25) is 9.20 Å². The summed E-state index contributed by atoms with van der Waals surface area (Å²) in [5.41, 5.74) is 1.93. The fourth-order valence-corrected chi connectivity index (χ4v) is 5.00. The first-order valence-corrected chi connectivity index (χ1v) is 12.9. The van der Waals surface area contributed by atoms with Gasteiger partial charge in [-0.25, -0.2) is 4.98 Å². The Morgan fingerprint density at radius 3 is 2.59 bits per heavy atom. The van der Waals surface area contributed by atoms with Crippen LogP contribution in [-0.2, 0) is 0 Å². The molecule has 7 nitrogen and oxygen atoms in total. The number of fused-ring (bicyclic) bond motifs is 1. The first-order valence-electron chi connectivity index (χ1n) is 12.9. The van der Waals surface area contributed by atoms with Gasteiger partial charge in [0.15, 0.2) is 5.78 Å². The molecule has 0 radical (unpaired) electrons. The number of carbonyl (C=O) groups is 1. The second-order valence-corrected chi connectivity index (χ2v) is 10.3. The molecule has 3 aromatic rings. The largest absolute Gasteiger partial charge is 0.496 e. The Morgan fingerprint density at radius 1 is 1.14 bits per heavy atom. The number of hydrogen-bond acceptors (Lipinski definition) is 6. The predicted octanol–water partition coefficient (Wildman–Crippen LogP) is 5.70. The molecule has 198 valence electrons. The Hall–Kier alpha value is -3.20. The van der Waals surface area contributed by atoms with Crippen molar-refractivity contribution in [1.82, 2.24) is 14.3 Å². The average Bonchev–Trinajstić information content (AvgIpc) is 3.37. The van der Waals surface area contributed by atoms with Crippen molar-refractivity contribution in [2.24, 2.45) is 11.8 Å². The van der Waals surface area contributed by atoms with Crippen LogP contribution in [0, 0.1) is 11.8 Å². The predicted molar refractivity (Wildman–Crippen MR) is 136 cm³/mol. The second kappa shape index (κ2) is 10.7. The molecule has 2 aliphatic rings. The number of alkyl halides is 2. The summed E-state index contributed by atoms with van der Waals surface area (Å²) in [7, 11) is 1.42. The second-order valence-electron chi connectivity index (χ2n) is 10.3. The monoisotopic (exact) mass is 513 g/mol. The maximum Gasteiger partial charge on any atom is 0.387 e. The van der Waals surface area contributed by atoms with Gasteiger partial charge in [-0.2, -0.15) is 8.78 Å². The minimum absolute atomic E-state index is 0.0610. The van der Waals surface area contributed by atoms with Gasteiger partial charge in [0.05, 0.1) is 25.6 Å². The van der Waals surface area contributed by atoms with Crippen LogP contribution in [-0.4, -0.2) is 59.5 Å². The highest BCUT2D eigenvalue weighted by Gasteiger charge is 2.30. The lowest BCUT2D eigenvalue weighted by Crippen LogP contribution is -2.29. The van der Waals surface area contributed by atoms with Crippen molar-refractivity contribution >= 4 is 11.4 Å². The number of benzene rings is 1. The molecule has 0 amide bonds. The van der Waals surface area contributed by atoms with Gasteiger partial charge < -0.3 is 19.1 Å². The minimum atomic E-state index is -3.07. The number of halogens is 2. The van der Waals surface area contributed by atoms with E-state index in [4.69, 9.17) is 14.2 Å². The number of methoxy groups -OCH3 is 1. The van der Waals surface area contributed by atoms with Gasteiger partial charge in [0, 0.05) is 42.8 Å². The van der Waals surface area contributed by atoms with Crippen molar-refractivity contribution in [3.05, 3.63) is 42.2 Å². The van der Waals surface area contributed by atoms with Gasteiger partial charge in [0.2, 0.25) is 0 Å². The van der Waals surface area contributed by atoms with Crippen LogP contribution in [0.5, 0.6) is 17.2 Å². The lowest BCUT2D eigenvalue weighted by atomic mass is 10.00. The molecule has 37 heavy (non-hydrogen) atoms. The van der Waals surface area contributed by atoms with E-state index >= 15 is 0 Å². The van der Waals surface area contributed by atoms with E-state index in [1.54, 1.807) is 12.3 Å². The molecule has 5 rings (SSSR count). The van der Waals surface area contributed by atoms with Crippen molar-refractivity contribution in [2.75, 3.05) is 26.8 Å². The molecule has 2 aromatic heterocycles. The number of aromatic nitrogens is 2. The smallest absolute Gasteiger partial charge is 0.387 e. The van der Waals surface area contributed by atoms with E-state index in [1.807, 2.05) is 22.7 Å². The van der Waals surface area contributed by atoms with E-state index in [9.17, 15) is 13.6 Å². The zero-order chi connectivity index (χ0) is 26.1. The standard InChI is InChI=1S/C28H33F2N3O4/c1-17(2)32-8-6-19(15-32)16-36-21-7-9-33-22(14-31-26(33)13-21)20-11-24(35-3)27(23(34)10-18-4-5-18)25(12-20)37-28(29)30/h7,9,11-14,17-19,28H,4-6,8,10,15-16H2,1-3H3/t19-/m1/s1. The summed E-state index contributed by atoms with van der Waals surface area (Å²) < 4.78 is 44.7. The summed E-state index contributed by atoms with van der Waals surface area (Å²) in [6.45, 7) is 4.14. The third-order valence-electron chi connectivity index (χ3n) is 7.27. The number of nitrogens with zero attached hydrogens (tertiary/aromatic N) is 3. The minimum Gasteiger partial charge on any atom is -0.496 e. The molecule has 1 aliphatic heterocycles. The van der Waals surface area contributed by atoms with Gasteiger partial charge in [0.1, 0.15) is 28.5 Å². The van der Waals surface area contributed by atoms with Crippen molar-refractivity contribution in [3.63, 3.8) is 0 Å². The average molecular weight is 514 g/mol. The summed E-state index contributed by atoms with van der Waals surface area (Å²) in [6.07, 6.45) is 6.86. The molecule has 3 heterocycles. The highest BCUT2D eigenvalue weighted by Crippen LogP contribution is 2.40. The Balaban J connectivity index is 1.39. The molecule has 1 aromatic carbocycles. The van der Waals surface area contributed by atoms with Gasteiger partial charge in [-0.15, -0.1) is 0 Å². The molecule has 0 bridgehead atoms. The van der Waals surface area contributed by atoms with Crippen LogP contribution in [0.25, 0.3) is 16.9 Å². The Kier molecular flexibility index (Phi) is 7.33. The normalized spacial score (nSPS) is 18.2. The van der Waals surface area contributed by atoms with Gasteiger partial charge >= 0.3 is 6.61 Å². The number of ether oxygens (including phenoxy) is 3. The van der Waals surface area contributed by atoms with Gasteiger partial charge in [0.25, 0.3) is 0 Å². The fourth-order valence-electron chi connectivity index (χ4n) is 5.00. The van der Waals surface area contributed by atoms with E-state index in [0.29, 0.717) is 47.8 Å². The number of ketones is 1. The van der Waals surface area contributed by atoms with Crippen LogP contribution in [0.2, 0.25) is 0 Å². The van der Waals surface area contributed by atoms with Crippen molar-refractivity contribution in [3.8, 4) is 28.5 Å². The van der Waals surface area contributed by atoms with E-state index in [2.05, 4.69) is 23.7 Å². The molecular formula is C28H33F2N3O4. The van der Waals surface area contributed by atoms with E-state index < -0.39 is 6.61 Å². The number of carbonyl (C=O) groups excluding carboxylic acids is 1. The summed E-state index contributed by atoms with van der Waals surface area (Å²) in [5, 5.41) is 0. The number of hydrogen-bond donors (Lipinski definition) is 0. The Bertz CT molecular complexity index is 1270. The Labute approximate surface area is 215 Å². The van der Waals surface area contributed by atoms with E-state index in [-0.39, 0.29) is 22.8 Å². The maximum absolute atomic E-state index is 13.3. The first kappa shape index (κ1) is 25.4. The zero-order valence-corrected chi connectivity index (χ0v) is 21.5. The zero-order valence-electron chi connectivity index (χ0n) is 21.5. The quantitative estimate of drug-likeness (QED) is 0.306. The van der Waals surface area contributed by atoms with Crippen LogP contribution in [0.4, 0.5) is 8.78 Å². The molecule has 1 saturated carbocycles. The highest BCUT2D eigenvalue weighted by molar-refractivity contribution is 6.02. The summed E-state index contributed by atoms with van der Waals surface area (Å²) in [5.74, 6) is 1.30. The number of rotatable bonds is 11. The molecule has 9 heteroatoms. The SMILES string of the molecule is COc1cc(-c2cnc3cc(OC[C@@H]4CCN(C(C)C)C4)ccn23)cc(OC(F)F)c1C(=O)CC1CC1. The summed E-state index contributed by atoms with van der Waals surface area (Å²) in [4.78, 5) is 19.9. The molecular weight excluding hydrogens is 480 g/mol. The third kappa shape index (κ3) is 5.71. The third-order valence-corrected chi connectivity index (χ3v) is 7.27. The maximum atomic E-state index is 13.3. The van der Waals surface area contributed by atoms with Crippen LogP contribution in [0.3, 0.4) is 0 Å². The topological polar surface area (TPSA) is 65.3 Å². The van der Waals surface area contributed by atoms with Crippen molar-refractivity contribution < 1.29 is 27.8 Å². The summed E-state index contributed by atoms with van der Waals surface area (Å²) >= 11 is 0. The summed E-state index contributed by atoms with van der Waals surface area (Å²) in [6, 6.07) is 7.41.